The van der Waals surface area contributed by atoms with Crippen LogP contribution in [0.25, 0.3) is 10.9 Å². The largest absolute Gasteiger partial charge is 0.382 e. The molecule has 1 aliphatic rings. The van der Waals surface area contributed by atoms with Gasteiger partial charge in [0.05, 0.1) is 6.54 Å². The SMILES string of the molecule is C=C(NCc1cc2cc(Cl)c(CCC)cc2[nH]1)C1CCN1.CC. The van der Waals surface area contributed by atoms with E-state index in [1.807, 2.05) is 13.8 Å². The number of benzene rings is 1. The average molecular weight is 334 g/mol. The van der Waals surface area contributed by atoms with Gasteiger partial charge in [0.1, 0.15) is 0 Å². The van der Waals surface area contributed by atoms with Crippen molar-refractivity contribution in [2.75, 3.05) is 6.54 Å². The maximum Gasteiger partial charge on any atom is 0.0548 e. The van der Waals surface area contributed by atoms with Gasteiger partial charge in [0.25, 0.3) is 0 Å². The number of aromatic amines is 1. The highest BCUT2D eigenvalue weighted by atomic mass is 35.5. The monoisotopic (exact) mass is 333 g/mol. The Hall–Kier alpha value is -1.45. The molecular weight excluding hydrogens is 306 g/mol. The summed E-state index contributed by atoms with van der Waals surface area (Å²) in [4.78, 5) is 3.47. The summed E-state index contributed by atoms with van der Waals surface area (Å²) in [6.45, 7) is 12.1. The van der Waals surface area contributed by atoms with E-state index in [9.17, 15) is 0 Å². The molecule has 1 unspecified atom stereocenters. The van der Waals surface area contributed by atoms with E-state index >= 15 is 0 Å². The molecule has 126 valence electrons. The predicted octanol–water partition coefficient (Wildman–Crippen LogP) is 4.77. The molecule has 1 aliphatic heterocycles. The molecule has 2 aromatic rings. The van der Waals surface area contributed by atoms with Crippen molar-refractivity contribution in [3.63, 3.8) is 0 Å². The molecular formula is C19H28ClN3. The number of hydrogen-bond donors (Lipinski definition) is 3. The Kier molecular flexibility index (Phi) is 6.55. The third kappa shape index (κ3) is 4.30. The van der Waals surface area contributed by atoms with Gasteiger partial charge in [-0.25, -0.2) is 0 Å². The zero-order valence-electron chi connectivity index (χ0n) is 14.4. The molecule has 2 heterocycles. The average Bonchev–Trinajstić information content (AvgIpc) is 2.88. The van der Waals surface area contributed by atoms with Crippen molar-refractivity contribution in [3.8, 4) is 0 Å². The first-order valence-electron chi connectivity index (χ1n) is 8.63. The van der Waals surface area contributed by atoms with Crippen LogP contribution in [0.2, 0.25) is 5.02 Å². The second-order valence-electron chi connectivity index (χ2n) is 5.75. The zero-order chi connectivity index (χ0) is 16.8. The molecule has 1 atom stereocenters. The second kappa shape index (κ2) is 8.42. The first-order chi connectivity index (χ1) is 11.2. The van der Waals surface area contributed by atoms with Gasteiger partial charge in [-0.05, 0) is 43.1 Å². The Balaban J connectivity index is 0.000000924. The van der Waals surface area contributed by atoms with Crippen LogP contribution in [0.15, 0.2) is 30.5 Å². The molecule has 0 spiro atoms. The Morgan fingerprint density at radius 3 is 2.70 bits per heavy atom. The molecule has 1 aromatic heterocycles. The van der Waals surface area contributed by atoms with Crippen molar-refractivity contribution in [1.82, 2.24) is 15.6 Å². The lowest BCUT2D eigenvalue weighted by Gasteiger charge is -2.29. The lowest BCUT2D eigenvalue weighted by Crippen LogP contribution is -2.47. The van der Waals surface area contributed by atoms with Gasteiger partial charge < -0.3 is 15.6 Å². The summed E-state index contributed by atoms with van der Waals surface area (Å²) in [6, 6.07) is 6.82. The number of aromatic nitrogens is 1. The number of fused-ring (bicyclic) bond motifs is 1. The lowest BCUT2D eigenvalue weighted by molar-refractivity contribution is 0.399. The molecule has 1 saturated heterocycles. The van der Waals surface area contributed by atoms with Gasteiger partial charge in [-0.15, -0.1) is 0 Å². The van der Waals surface area contributed by atoms with E-state index in [0.29, 0.717) is 6.04 Å². The topological polar surface area (TPSA) is 39.9 Å². The summed E-state index contributed by atoms with van der Waals surface area (Å²) in [7, 11) is 0. The van der Waals surface area contributed by atoms with Crippen molar-refractivity contribution >= 4 is 22.5 Å². The molecule has 0 amide bonds. The maximum atomic E-state index is 6.33. The van der Waals surface area contributed by atoms with E-state index < -0.39 is 0 Å². The van der Waals surface area contributed by atoms with Gasteiger partial charge in [-0.2, -0.15) is 0 Å². The van der Waals surface area contributed by atoms with Crippen molar-refractivity contribution < 1.29 is 0 Å². The van der Waals surface area contributed by atoms with Crippen molar-refractivity contribution in [1.29, 1.82) is 0 Å². The summed E-state index contributed by atoms with van der Waals surface area (Å²) in [5, 5.41) is 8.78. The normalized spacial score (nSPS) is 16.4. The minimum atomic E-state index is 0.431. The van der Waals surface area contributed by atoms with Gasteiger partial charge in [0.2, 0.25) is 0 Å². The minimum absolute atomic E-state index is 0.431. The minimum Gasteiger partial charge on any atom is -0.382 e. The van der Waals surface area contributed by atoms with Crippen molar-refractivity contribution in [2.24, 2.45) is 0 Å². The van der Waals surface area contributed by atoms with Crippen molar-refractivity contribution in [2.45, 2.75) is 52.6 Å². The van der Waals surface area contributed by atoms with Crippen LogP contribution >= 0.6 is 11.6 Å². The van der Waals surface area contributed by atoms with E-state index in [1.165, 1.54) is 17.4 Å². The molecule has 0 radical (unpaired) electrons. The number of H-pyrrole nitrogens is 1. The highest BCUT2D eigenvalue weighted by Gasteiger charge is 2.19. The summed E-state index contributed by atoms with van der Waals surface area (Å²) < 4.78 is 0. The molecule has 23 heavy (non-hydrogen) atoms. The van der Waals surface area contributed by atoms with Gasteiger partial charge >= 0.3 is 0 Å². The van der Waals surface area contributed by atoms with Crippen molar-refractivity contribution in [3.05, 3.63) is 46.8 Å². The first kappa shape index (κ1) is 17.9. The molecule has 4 heteroatoms. The zero-order valence-corrected chi connectivity index (χ0v) is 15.2. The molecule has 0 saturated carbocycles. The molecule has 0 aliphatic carbocycles. The fourth-order valence-electron chi connectivity index (χ4n) is 2.73. The second-order valence-corrected chi connectivity index (χ2v) is 6.16. The van der Waals surface area contributed by atoms with Crippen LogP contribution in [0.5, 0.6) is 0 Å². The number of halogens is 1. The van der Waals surface area contributed by atoms with Crippen LogP contribution < -0.4 is 10.6 Å². The third-order valence-electron chi connectivity index (χ3n) is 4.11. The summed E-state index contributed by atoms with van der Waals surface area (Å²) in [5.74, 6) is 0. The number of rotatable bonds is 6. The Labute approximate surface area is 144 Å². The van der Waals surface area contributed by atoms with Gasteiger partial charge in [0, 0.05) is 33.4 Å². The fraction of sp³-hybridized carbons (Fsp3) is 0.474. The summed E-state index contributed by atoms with van der Waals surface area (Å²) in [6.07, 6.45) is 3.30. The highest BCUT2D eigenvalue weighted by molar-refractivity contribution is 6.32. The van der Waals surface area contributed by atoms with E-state index in [4.69, 9.17) is 11.6 Å². The molecule has 3 nitrogen and oxygen atoms in total. The van der Waals surface area contributed by atoms with E-state index in [1.54, 1.807) is 0 Å². The van der Waals surface area contributed by atoms with E-state index in [2.05, 4.69) is 47.3 Å². The molecule has 1 aromatic carbocycles. The number of nitrogens with one attached hydrogen (secondary N) is 3. The smallest absolute Gasteiger partial charge is 0.0548 e. The third-order valence-corrected chi connectivity index (χ3v) is 4.46. The van der Waals surface area contributed by atoms with Crippen LogP contribution in [0.4, 0.5) is 0 Å². The molecule has 3 rings (SSSR count). The Morgan fingerprint density at radius 2 is 2.09 bits per heavy atom. The molecule has 0 bridgehead atoms. The lowest BCUT2D eigenvalue weighted by atomic mass is 10.0. The van der Waals surface area contributed by atoms with Gasteiger partial charge in [0.15, 0.2) is 0 Å². The van der Waals surface area contributed by atoms with Crippen LogP contribution in [0, 0.1) is 0 Å². The van der Waals surface area contributed by atoms with E-state index in [-0.39, 0.29) is 0 Å². The van der Waals surface area contributed by atoms with Crippen LogP contribution in [0.3, 0.4) is 0 Å². The quantitative estimate of drug-likeness (QED) is 0.713. The number of aryl methyl sites for hydroxylation is 1. The standard InChI is InChI=1S/C17H22ClN3.C2H6/c1-3-4-12-9-17-13(8-15(12)18)7-14(21-17)10-20-11(2)16-5-6-19-16;1-2/h7-9,16,19-21H,2-6,10H2,1H3;1-2H3. The Morgan fingerprint density at radius 1 is 1.35 bits per heavy atom. The van der Waals surface area contributed by atoms with E-state index in [0.717, 1.165) is 47.9 Å². The van der Waals surface area contributed by atoms with Gasteiger partial charge in [-0.3, -0.25) is 0 Å². The number of hydrogen-bond acceptors (Lipinski definition) is 2. The molecule has 3 N–H and O–H groups in total. The maximum absolute atomic E-state index is 6.33. The summed E-state index contributed by atoms with van der Waals surface area (Å²) in [5.41, 5.74) is 4.61. The fourth-order valence-corrected chi connectivity index (χ4v) is 3.00. The van der Waals surface area contributed by atoms with Crippen LogP contribution in [0.1, 0.15) is 44.9 Å². The van der Waals surface area contributed by atoms with Gasteiger partial charge in [-0.1, -0.05) is 45.4 Å². The first-order valence-corrected chi connectivity index (χ1v) is 9.01. The highest BCUT2D eigenvalue weighted by Crippen LogP contribution is 2.25. The molecule has 1 fully saturated rings. The Bertz CT molecular complexity index is 656. The van der Waals surface area contributed by atoms with Crippen LogP contribution in [-0.2, 0) is 13.0 Å². The van der Waals surface area contributed by atoms with Crippen LogP contribution in [-0.4, -0.2) is 17.6 Å². The predicted molar refractivity (Wildman–Crippen MR) is 101 cm³/mol. The summed E-state index contributed by atoms with van der Waals surface area (Å²) >= 11 is 6.33.